The molecule has 0 radical (unpaired) electrons. The van der Waals surface area contributed by atoms with E-state index in [1.165, 1.54) is 6.20 Å². The van der Waals surface area contributed by atoms with Gasteiger partial charge in [-0.25, -0.2) is 0 Å². The second-order valence-electron chi connectivity index (χ2n) is 3.30. The van der Waals surface area contributed by atoms with Crippen LogP contribution in [0.1, 0.15) is 11.3 Å². The molecule has 1 aromatic heterocycles. The van der Waals surface area contributed by atoms with E-state index >= 15 is 0 Å². The first-order chi connectivity index (χ1) is 8.20. The second-order valence-corrected chi connectivity index (χ2v) is 4.15. The highest BCUT2D eigenvalue weighted by atomic mass is 35.5. The molecule has 0 saturated carbocycles. The Morgan fingerprint density at radius 2 is 2.18 bits per heavy atom. The van der Waals surface area contributed by atoms with Crippen molar-refractivity contribution >= 4 is 23.2 Å². The van der Waals surface area contributed by atoms with Crippen LogP contribution < -0.4 is 4.74 Å². The minimum absolute atomic E-state index is 0.189. The SMILES string of the molecule is OCc1cc(Cl)cc(Cl)c1OCc1ccno1. The summed E-state index contributed by atoms with van der Waals surface area (Å²) >= 11 is 11.8. The standard InChI is InChI=1S/C11H9Cl2NO3/c12-8-3-7(5-15)11(10(13)4-8)16-6-9-1-2-14-17-9/h1-4,15H,5-6H2. The fourth-order valence-electron chi connectivity index (χ4n) is 1.35. The van der Waals surface area contributed by atoms with Gasteiger partial charge >= 0.3 is 0 Å². The number of rotatable bonds is 4. The number of hydrogen-bond donors (Lipinski definition) is 1. The molecule has 0 aliphatic rings. The lowest BCUT2D eigenvalue weighted by Crippen LogP contribution is -1.99. The normalized spacial score (nSPS) is 10.5. The Balaban J connectivity index is 2.19. The van der Waals surface area contributed by atoms with Crippen LogP contribution in [-0.4, -0.2) is 10.3 Å². The van der Waals surface area contributed by atoms with Crippen LogP contribution in [0, 0.1) is 0 Å². The summed E-state index contributed by atoms with van der Waals surface area (Å²) in [6.45, 7) is -0.0135. The lowest BCUT2D eigenvalue weighted by atomic mass is 10.2. The summed E-state index contributed by atoms with van der Waals surface area (Å²) in [5.74, 6) is 0.967. The molecule has 4 nitrogen and oxygen atoms in total. The topological polar surface area (TPSA) is 55.5 Å². The van der Waals surface area contributed by atoms with Crippen molar-refractivity contribution < 1.29 is 14.4 Å². The summed E-state index contributed by atoms with van der Waals surface area (Å²) in [6, 6.07) is 4.84. The molecule has 1 aromatic carbocycles. The third-order valence-electron chi connectivity index (χ3n) is 2.11. The number of halogens is 2. The van der Waals surface area contributed by atoms with Gasteiger partial charge in [-0.2, -0.15) is 0 Å². The van der Waals surface area contributed by atoms with E-state index in [-0.39, 0.29) is 13.2 Å². The van der Waals surface area contributed by atoms with Crippen LogP contribution >= 0.6 is 23.2 Å². The van der Waals surface area contributed by atoms with Crippen LogP contribution in [0.3, 0.4) is 0 Å². The van der Waals surface area contributed by atoms with E-state index in [0.29, 0.717) is 27.1 Å². The molecular formula is C11H9Cl2NO3. The number of benzene rings is 1. The Morgan fingerprint density at radius 1 is 1.35 bits per heavy atom. The number of hydrogen-bond acceptors (Lipinski definition) is 4. The first-order valence-electron chi connectivity index (χ1n) is 4.82. The van der Waals surface area contributed by atoms with E-state index in [9.17, 15) is 5.11 Å². The van der Waals surface area contributed by atoms with Gasteiger partial charge in [0.1, 0.15) is 12.4 Å². The van der Waals surface area contributed by atoms with Crippen molar-refractivity contribution in [3.05, 3.63) is 45.8 Å². The summed E-state index contributed by atoms with van der Waals surface area (Å²) in [4.78, 5) is 0. The highest BCUT2D eigenvalue weighted by Gasteiger charge is 2.11. The van der Waals surface area contributed by atoms with Crippen molar-refractivity contribution in [1.29, 1.82) is 0 Å². The van der Waals surface area contributed by atoms with Crippen molar-refractivity contribution in [2.24, 2.45) is 0 Å². The smallest absolute Gasteiger partial charge is 0.174 e. The third kappa shape index (κ3) is 2.91. The predicted octanol–water partition coefficient (Wildman–Crippen LogP) is 3.05. The molecule has 0 bridgehead atoms. The minimum atomic E-state index is -0.202. The van der Waals surface area contributed by atoms with Gasteiger partial charge in [-0.05, 0) is 12.1 Å². The van der Waals surface area contributed by atoms with Gasteiger partial charge in [-0.15, -0.1) is 0 Å². The molecule has 90 valence electrons. The van der Waals surface area contributed by atoms with Crippen molar-refractivity contribution in [1.82, 2.24) is 5.16 Å². The van der Waals surface area contributed by atoms with Crippen LogP contribution in [0.5, 0.6) is 5.75 Å². The van der Waals surface area contributed by atoms with E-state index in [1.54, 1.807) is 18.2 Å². The van der Waals surface area contributed by atoms with Gasteiger partial charge in [0, 0.05) is 16.7 Å². The van der Waals surface area contributed by atoms with Crippen LogP contribution in [-0.2, 0) is 13.2 Å². The van der Waals surface area contributed by atoms with Crippen molar-refractivity contribution in [2.75, 3.05) is 0 Å². The molecule has 2 rings (SSSR count). The molecule has 0 spiro atoms. The molecule has 0 aliphatic carbocycles. The molecule has 0 atom stereocenters. The maximum atomic E-state index is 9.19. The molecule has 0 aliphatic heterocycles. The zero-order valence-electron chi connectivity index (χ0n) is 8.69. The van der Waals surface area contributed by atoms with E-state index < -0.39 is 0 Å². The van der Waals surface area contributed by atoms with Gasteiger partial charge in [-0.3, -0.25) is 0 Å². The number of aromatic nitrogens is 1. The first-order valence-corrected chi connectivity index (χ1v) is 5.57. The fourth-order valence-corrected chi connectivity index (χ4v) is 1.94. The van der Waals surface area contributed by atoms with Crippen LogP contribution in [0.25, 0.3) is 0 Å². The molecule has 0 saturated heterocycles. The average Bonchev–Trinajstić information content (AvgIpc) is 2.79. The molecule has 1 N–H and O–H groups in total. The van der Waals surface area contributed by atoms with Crippen molar-refractivity contribution in [3.8, 4) is 5.75 Å². The second kappa shape index (κ2) is 5.40. The van der Waals surface area contributed by atoms with Crippen LogP contribution in [0.4, 0.5) is 0 Å². The minimum Gasteiger partial charge on any atom is -0.484 e. The summed E-state index contributed by atoms with van der Waals surface area (Å²) in [7, 11) is 0. The molecule has 0 fully saturated rings. The summed E-state index contributed by atoms with van der Waals surface area (Å²) in [5.41, 5.74) is 0.530. The number of nitrogens with zero attached hydrogens (tertiary/aromatic N) is 1. The summed E-state index contributed by atoms with van der Waals surface area (Å²) in [6.07, 6.45) is 1.52. The van der Waals surface area contributed by atoms with E-state index in [0.717, 1.165) is 0 Å². The average molecular weight is 274 g/mol. The Bertz CT molecular complexity index is 500. The van der Waals surface area contributed by atoms with Gasteiger partial charge in [0.2, 0.25) is 0 Å². The molecule has 2 aromatic rings. The molecule has 0 amide bonds. The maximum absolute atomic E-state index is 9.19. The zero-order chi connectivity index (χ0) is 12.3. The quantitative estimate of drug-likeness (QED) is 0.930. The first kappa shape index (κ1) is 12.2. The van der Waals surface area contributed by atoms with E-state index in [2.05, 4.69) is 5.16 Å². The van der Waals surface area contributed by atoms with Crippen LogP contribution in [0.15, 0.2) is 28.9 Å². The summed E-state index contributed by atoms with van der Waals surface area (Å²) < 4.78 is 10.4. The predicted molar refractivity (Wildman–Crippen MR) is 63.2 cm³/mol. The highest BCUT2D eigenvalue weighted by Crippen LogP contribution is 2.33. The van der Waals surface area contributed by atoms with Gasteiger partial charge in [-0.1, -0.05) is 28.4 Å². The molecule has 6 heteroatoms. The van der Waals surface area contributed by atoms with E-state index in [4.69, 9.17) is 32.5 Å². The number of ether oxygens (including phenoxy) is 1. The zero-order valence-corrected chi connectivity index (χ0v) is 10.2. The summed E-state index contributed by atoms with van der Waals surface area (Å²) in [5, 5.41) is 13.5. The van der Waals surface area contributed by atoms with Gasteiger partial charge in [0.05, 0.1) is 17.8 Å². The maximum Gasteiger partial charge on any atom is 0.174 e. The highest BCUT2D eigenvalue weighted by molar-refractivity contribution is 6.35. The Kier molecular flexibility index (Phi) is 3.89. The monoisotopic (exact) mass is 273 g/mol. The van der Waals surface area contributed by atoms with Gasteiger partial charge in [0.15, 0.2) is 5.76 Å². The number of aliphatic hydroxyl groups excluding tert-OH is 1. The van der Waals surface area contributed by atoms with Gasteiger partial charge < -0.3 is 14.4 Å². The van der Waals surface area contributed by atoms with E-state index in [1.807, 2.05) is 0 Å². The van der Waals surface area contributed by atoms with Crippen LogP contribution in [0.2, 0.25) is 10.0 Å². The lowest BCUT2D eigenvalue weighted by molar-refractivity contribution is 0.234. The molecular weight excluding hydrogens is 265 g/mol. The Hall–Kier alpha value is -1.23. The van der Waals surface area contributed by atoms with Crippen molar-refractivity contribution in [2.45, 2.75) is 13.2 Å². The largest absolute Gasteiger partial charge is 0.484 e. The van der Waals surface area contributed by atoms with Crippen molar-refractivity contribution in [3.63, 3.8) is 0 Å². The Labute approximate surface area is 108 Å². The Morgan fingerprint density at radius 3 is 2.82 bits per heavy atom. The fraction of sp³-hybridized carbons (Fsp3) is 0.182. The molecule has 1 heterocycles. The van der Waals surface area contributed by atoms with Gasteiger partial charge in [0.25, 0.3) is 0 Å². The molecule has 17 heavy (non-hydrogen) atoms. The third-order valence-corrected chi connectivity index (χ3v) is 2.60. The number of aliphatic hydroxyl groups is 1. The molecule has 0 unspecified atom stereocenters. The lowest BCUT2D eigenvalue weighted by Gasteiger charge is -2.11.